The van der Waals surface area contributed by atoms with Crippen LogP contribution in [0.15, 0.2) is 58.3 Å². The largest absolute Gasteiger partial charge is 0.244 e. The first kappa shape index (κ1) is 20.7. The molecule has 5 rings (SSSR count). The van der Waals surface area contributed by atoms with Crippen molar-refractivity contribution in [3.05, 3.63) is 48.5 Å². The van der Waals surface area contributed by atoms with Gasteiger partial charge < -0.3 is 0 Å². The predicted octanol–water partition coefficient (Wildman–Crippen LogP) is 4.53. The summed E-state index contributed by atoms with van der Waals surface area (Å²) in [5, 5.41) is 18.9. The van der Waals surface area contributed by atoms with Crippen molar-refractivity contribution in [3.8, 4) is 22.5 Å². The van der Waals surface area contributed by atoms with E-state index >= 15 is 0 Å². The van der Waals surface area contributed by atoms with Gasteiger partial charge in [-0.15, -0.1) is 4.33 Å². The summed E-state index contributed by atoms with van der Waals surface area (Å²) in [6.07, 6.45) is 0. The van der Waals surface area contributed by atoms with Crippen LogP contribution in [0.4, 0.5) is 0 Å². The lowest BCUT2D eigenvalue weighted by molar-refractivity contribution is -0.432. The van der Waals surface area contributed by atoms with Crippen LogP contribution in [0, 0.1) is 0 Å². The van der Waals surface area contributed by atoms with Crippen LogP contribution in [0.3, 0.4) is 0 Å². The quantitative estimate of drug-likeness (QED) is 0.236. The number of para-hydroxylation sites is 2. The molecule has 1 aliphatic carbocycles. The Bertz CT molecular complexity index is 1390. The van der Waals surface area contributed by atoms with E-state index in [0.29, 0.717) is 32.7 Å². The highest BCUT2D eigenvalue weighted by molar-refractivity contribution is 7.94. The predicted molar refractivity (Wildman–Crippen MR) is 115 cm³/mol. The van der Waals surface area contributed by atoms with Crippen molar-refractivity contribution in [1.82, 2.24) is 9.97 Å². The minimum absolute atomic E-state index is 0.0229. The van der Waals surface area contributed by atoms with E-state index in [0.717, 1.165) is 28.5 Å². The summed E-state index contributed by atoms with van der Waals surface area (Å²) >= 11 is 0.778. The maximum atomic E-state index is 12.0. The van der Waals surface area contributed by atoms with Gasteiger partial charge >= 0.3 is 0 Å². The molecule has 0 spiro atoms. The summed E-state index contributed by atoms with van der Waals surface area (Å²) in [6, 6.07) is 14.0. The Morgan fingerprint density at radius 3 is 2.13 bits per heavy atom. The fourth-order valence-corrected chi connectivity index (χ4v) is 4.50. The second-order valence-corrected chi connectivity index (χ2v) is 8.56. The Morgan fingerprint density at radius 1 is 0.967 bits per heavy atom. The van der Waals surface area contributed by atoms with Crippen LogP contribution in [0.1, 0.15) is 13.8 Å². The number of rotatable bonds is 4. The van der Waals surface area contributed by atoms with Crippen LogP contribution in [0.2, 0.25) is 0 Å². The van der Waals surface area contributed by atoms with Crippen LogP contribution >= 0.6 is 12.0 Å². The topological polar surface area (TPSA) is 125 Å². The van der Waals surface area contributed by atoms with E-state index in [-0.39, 0.29) is 4.90 Å². The molecule has 4 aromatic rings. The normalized spacial score (nSPS) is 12.0. The van der Waals surface area contributed by atoms with Gasteiger partial charge in [0.15, 0.2) is 0 Å². The maximum Gasteiger partial charge on any atom is 0.238 e. The van der Waals surface area contributed by atoms with E-state index in [9.17, 15) is 8.42 Å². The number of nitrogens with zero attached hydrogens (tertiary/aromatic N) is 2. The number of hydrogen-bond donors (Lipinski definition) is 2. The van der Waals surface area contributed by atoms with Gasteiger partial charge in [-0.05, 0) is 41.8 Å². The van der Waals surface area contributed by atoms with E-state index in [1.807, 2.05) is 44.2 Å². The van der Waals surface area contributed by atoms with Gasteiger partial charge in [0, 0.05) is 21.4 Å². The molecule has 0 bridgehead atoms. The summed E-state index contributed by atoms with van der Waals surface area (Å²) in [7, 11) is -3.93. The molecule has 1 aromatic heterocycles. The van der Waals surface area contributed by atoms with Crippen LogP contribution in [-0.2, 0) is 19.4 Å². The Morgan fingerprint density at radius 2 is 1.57 bits per heavy atom. The van der Waals surface area contributed by atoms with Crippen LogP contribution in [-0.4, -0.2) is 23.6 Å². The maximum absolute atomic E-state index is 12.0. The molecule has 1 heterocycles. The first-order valence-electron chi connectivity index (χ1n) is 9.02. The van der Waals surface area contributed by atoms with E-state index in [2.05, 4.69) is 9.37 Å². The number of aromatic nitrogens is 2. The third-order valence-electron chi connectivity index (χ3n) is 4.57. The molecule has 3 N–H and O–H groups in total. The monoisotopic (exact) mass is 443 g/mol. The SMILES string of the molecule is CC.NS(=O)(=O)c1cc2c3c(cc(SOOO)cc3c1)-c1nc3ccccc3nc1-2. The van der Waals surface area contributed by atoms with Gasteiger partial charge in [-0.1, -0.05) is 31.0 Å². The van der Waals surface area contributed by atoms with Crippen molar-refractivity contribution in [2.75, 3.05) is 0 Å². The molecule has 1 aliphatic rings. The molecule has 30 heavy (non-hydrogen) atoms. The van der Waals surface area contributed by atoms with Gasteiger partial charge in [0.2, 0.25) is 10.0 Å². The van der Waals surface area contributed by atoms with E-state index in [4.69, 9.17) is 20.4 Å². The summed E-state index contributed by atoms with van der Waals surface area (Å²) in [5.41, 5.74) is 4.09. The lowest BCUT2D eigenvalue weighted by atomic mass is 10.0. The zero-order valence-corrected chi connectivity index (χ0v) is 17.6. The molecule has 0 amide bonds. The number of nitrogens with two attached hydrogens (primary N) is 1. The van der Waals surface area contributed by atoms with Gasteiger partial charge in [-0.2, -0.15) is 0 Å². The number of primary sulfonamides is 1. The standard InChI is InChI=1S/C18H11N3O5S2.C2H6/c19-28(23,24)11-6-9-5-10(27-26-25-22)7-12-16(9)13(8-11)18-17(12)20-14-3-1-2-4-15(14)21-18;1-2/h1-8,22H,(H2,19,23,24);1-2H3. The van der Waals surface area contributed by atoms with E-state index in [1.54, 1.807) is 6.07 Å². The van der Waals surface area contributed by atoms with E-state index < -0.39 is 10.0 Å². The second-order valence-electron chi connectivity index (χ2n) is 6.22. The number of fused-ring (bicyclic) bond motifs is 4. The summed E-state index contributed by atoms with van der Waals surface area (Å²) in [5.74, 6) is 0. The zero-order chi connectivity index (χ0) is 21.5. The Kier molecular flexibility index (Phi) is 5.45. The van der Waals surface area contributed by atoms with Gasteiger partial charge in [0.25, 0.3) is 0 Å². The van der Waals surface area contributed by atoms with Crippen molar-refractivity contribution in [3.63, 3.8) is 0 Å². The second kappa shape index (κ2) is 7.91. The molecule has 0 saturated carbocycles. The van der Waals surface area contributed by atoms with Crippen molar-refractivity contribution >= 4 is 43.9 Å². The number of benzene rings is 3. The molecule has 154 valence electrons. The Hall–Kier alpha value is -2.60. The molecule has 3 aromatic carbocycles. The third kappa shape index (κ3) is 3.43. The molecular formula is C20H17N3O5S2. The van der Waals surface area contributed by atoms with Crippen molar-refractivity contribution < 1.29 is 23.0 Å². The van der Waals surface area contributed by atoms with Crippen molar-refractivity contribution in [1.29, 1.82) is 0 Å². The van der Waals surface area contributed by atoms with Crippen LogP contribution in [0.5, 0.6) is 0 Å². The minimum Gasteiger partial charge on any atom is -0.244 e. The van der Waals surface area contributed by atoms with Crippen molar-refractivity contribution in [2.45, 2.75) is 23.6 Å². The lowest BCUT2D eigenvalue weighted by Crippen LogP contribution is -2.12. The average Bonchev–Trinajstić information content (AvgIpc) is 3.05. The highest BCUT2D eigenvalue weighted by Gasteiger charge is 2.28. The highest BCUT2D eigenvalue weighted by atomic mass is 32.2. The first-order chi connectivity index (χ1) is 14.5. The van der Waals surface area contributed by atoms with E-state index in [1.165, 1.54) is 12.1 Å². The van der Waals surface area contributed by atoms with Gasteiger partial charge in [0.1, 0.15) is 0 Å². The molecule has 0 saturated heterocycles. The van der Waals surface area contributed by atoms with Crippen molar-refractivity contribution in [2.24, 2.45) is 5.14 Å². The number of sulfonamides is 1. The Balaban J connectivity index is 0.00000106. The fraction of sp³-hybridized carbons (Fsp3) is 0.100. The highest BCUT2D eigenvalue weighted by Crippen LogP contribution is 2.48. The summed E-state index contributed by atoms with van der Waals surface area (Å²) in [4.78, 5) is 10.0. The van der Waals surface area contributed by atoms with Gasteiger partial charge in [-0.3, -0.25) is 0 Å². The van der Waals surface area contributed by atoms with Crippen LogP contribution < -0.4 is 5.14 Å². The third-order valence-corrected chi connectivity index (χ3v) is 6.02. The minimum atomic E-state index is -3.93. The molecule has 0 radical (unpaired) electrons. The molecule has 0 aliphatic heterocycles. The fourth-order valence-electron chi connectivity index (χ4n) is 3.48. The molecule has 0 unspecified atom stereocenters. The molecule has 0 atom stereocenters. The Labute approximate surface area is 176 Å². The molecular weight excluding hydrogens is 426 g/mol. The van der Waals surface area contributed by atoms with Gasteiger partial charge in [-0.25, -0.2) is 28.8 Å². The van der Waals surface area contributed by atoms with Crippen LogP contribution in [0.25, 0.3) is 44.3 Å². The molecule has 0 fully saturated rings. The molecule has 8 nitrogen and oxygen atoms in total. The lowest BCUT2D eigenvalue weighted by Gasteiger charge is -2.07. The smallest absolute Gasteiger partial charge is 0.238 e. The van der Waals surface area contributed by atoms with Gasteiger partial charge in [0.05, 0.1) is 39.4 Å². The first-order valence-corrected chi connectivity index (χ1v) is 11.3. The molecule has 10 heteroatoms. The average molecular weight is 444 g/mol. The number of hydrogen-bond acceptors (Lipinski definition) is 8. The summed E-state index contributed by atoms with van der Waals surface area (Å²) in [6.45, 7) is 4.00. The summed E-state index contributed by atoms with van der Waals surface area (Å²) < 4.78 is 28.5. The zero-order valence-electron chi connectivity index (χ0n) is 16.0.